The Morgan fingerprint density at radius 2 is 1.63 bits per heavy atom. The van der Waals surface area contributed by atoms with Crippen LogP contribution < -0.4 is 9.64 Å². The number of methoxy groups -OCH3 is 1. The van der Waals surface area contributed by atoms with Gasteiger partial charge in [-0.3, -0.25) is 9.59 Å². The number of hydrogen-bond acceptors (Lipinski definition) is 6. The highest BCUT2D eigenvalue weighted by Gasteiger charge is 2.30. The second-order valence-corrected chi connectivity index (χ2v) is 14.2. The van der Waals surface area contributed by atoms with Gasteiger partial charge in [-0.2, -0.15) is 0 Å². The van der Waals surface area contributed by atoms with E-state index in [4.69, 9.17) is 4.74 Å². The molecule has 46 heavy (non-hydrogen) atoms. The van der Waals surface area contributed by atoms with Crippen LogP contribution in [0.2, 0.25) is 0 Å². The molecule has 5 rings (SSSR count). The van der Waals surface area contributed by atoms with Crippen molar-refractivity contribution in [3.8, 4) is 16.9 Å². The number of likely N-dealkylation sites (tertiary alicyclic amines) is 1. The Hall–Kier alpha value is -4.63. The van der Waals surface area contributed by atoms with Crippen LogP contribution in [0.5, 0.6) is 5.75 Å². The molecule has 4 aromatic carbocycles. The molecular weight excluding hydrogens is 598 g/mol. The molecule has 9 heteroatoms. The van der Waals surface area contributed by atoms with Gasteiger partial charge in [0, 0.05) is 57.1 Å². The molecule has 1 atom stereocenters. The smallest absolute Gasteiger partial charge is 0.254 e. The molecule has 4 aromatic rings. The average molecular weight is 640 g/mol. The topological polar surface area (TPSA) is 87.2 Å². The molecule has 8 nitrogen and oxygen atoms in total. The predicted octanol–water partition coefficient (Wildman–Crippen LogP) is 6.01. The third kappa shape index (κ3) is 6.94. The van der Waals surface area contributed by atoms with Crippen molar-refractivity contribution in [2.45, 2.75) is 37.0 Å². The minimum Gasteiger partial charge on any atom is -0.495 e. The molecule has 0 N–H and O–H groups in total. The SMILES string of the molecule is COc1ccc(-c2cccc(C(=O)N(C)C)c2)cc1S(=O)(=O)Cc1cccc(N(C)C2CCN(C(=O)c3cc(C)ccc3C)C2)c1. The second kappa shape index (κ2) is 13.4. The highest BCUT2D eigenvalue weighted by atomic mass is 32.2. The number of anilines is 1. The van der Waals surface area contributed by atoms with E-state index in [2.05, 4.69) is 4.90 Å². The number of likely N-dealkylation sites (N-methyl/N-ethyl adjacent to an activating group) is 1. The number of nitrogens with zero attached hydrogens (tertiary/aromatic N) is 3. The zero-order valence-electron chi connectivity index (χ0n) is 27.3. The molecule has 2 amide bonds. The van der Waals surface area contributed by atoms with Crippen LogP contribution in [-0.2, 0) is 15.6 Å². The van der Waals surface area contributed by atoms with Crippen molar-refractivity contribution < 1.29 is 22.7 Å². The molecule has 1 saturated heterocycles. The van der Waals surface area contributed by atoms with E-state index in [9.17, 15) is 18.0 Å². The summed E-state index contributed by atoms with van der Waals surface area (Å²) in [5.41, 5.74) is 6.23. The molecule has 0 aromatic heterocycles. The van der Waals surface area contributed by atoms with Crippen molar-refractivity contribution in [2.24, 2.45) is 0 Å². The van der Waals surface area contributed by atoms with Crippen LogP contribution in [-0.4, -0.2) is 77.4 Å². The second-order valence-electron chi connectivity index (χ2n) is 12.2. The van der Waals surface area contributed by atoms with E-state index in [1.807, 2.05) is 74.3 Å². The van der Waals surface area contributed by atoms with Crippen molar-refractivity contribution in [3.05, 3.63) is 113 Å². The van der Waals surface area contributed by atoms with Gasteiger partial charge in [0.15, 0.2) is 9.84 Å². The van der Waals surface area contributed by atoms with Crippen LogP contribution in [0.25, 0.3) is 11.1 Å². The average Bonchev–Trinajstić information content (AvgIpc) is 3.55. The lowest BCUT2D eigenvalue weighted by molar-refractivity contribution is 0.0788. The van der Waals surface area contributed by atoms with Crippen LogP contribution in [0.1, 0.15) is 43.8 Å². The van der Waals surface area contributed by atoms with Crippen LogP contribution in [0.4, 0.5) is 5.69 Å². The number of hydrogen-bond donors (Lipinski definition) is 0. The molecule has 0 spiro atoms. The first-order valence-corrected chi connectivity index (χ1v) is 16.9. The van der Waals surface area contributed by atoms with Gasteiger partial charge in [0.1, 0.15) is 10.6 Å². The van der Waals surface area contributed by atoms with Gasteiger partial charge in [0.05, 0.1) is 12.9 Å². The Kier molecular flexibility index (Phi) is 9.53. The lowest BCUT2D eigenvalue weighted by atomic mass is 10.0. The maximum atomic E-state index is 13.9. The number of carbonyl (C=O) groups excluding carboxylic acids is 2. The number of amides is 2. The Bertz CT molecular complexity index is 1890. The van der Waals surface area contributed by atoms with Gasteiger partial charge in [-0.25, -0.2) is 8.42 Å². The van der Waals surface area contributed by atoms with E-state index < -0.39 is 9.84 Å². The van der Waals surface area contributed by atoms with Crippen molar-refractivity contribution in [1.82, 2.24) is 9.80 Å². The molecule has 1 unspecified atom stereocenters. The van der Waals surface area contributed by atoms with Gasteiger partial charge >= 0.3 is 0 Å². The van der Waals surface area contributed by atoms with Gasteiger partial charge in [0.2, 0.25) is 0 Å². The molecule has 1 aliphatic rings. The molecule has 0 aliphatic carbocycles. The molecule has 0 radical (unpaired) electrons. The van der Waals surface area contributed by atoms with Crippen molar-refractivity contribution >= 4 is 27.3 Å². The minimum atomic E-state index is -3.82. The summed E-state index contributed by atoms with van der Waals surface area (Å²) in [6.07, 6.45) is 0.820. The molecule has 0 saturated carbocycles. The summed E-state index contributed by atoms with van der Waals surface area (Å²) in [5, 5.41) is 0. The molecule has 0 bridgehead atoms. The summed E-state index contributed by atoms with van der Waals surface area (Å²) in [5.74, 6) is -0.0390. The van der Waals surface area contributed by atoms with E-state index >= 15 is 0 Å². The number of rotatable bonds is 9. The summed E-state index contributed by atoms with van der Waals surface area (Å²) in [7, 11) is 3.01. The van der Waals surface area contributed by atoms with Gasteiger partial charge in [-0.05, 0) is 85.0 Å². The fraction of sp³-hybridized carbons (Fsp3) is 0.297. The van der Waals surface area contributed by atoms with E-state index in [0.29, 0.717) is 29.8 Å². The number of benzene rings is 4. The third-order valence-corrected chi connectivity index (χ3v) is 10.3. The molecule has 1 heterocycles. The minimum absolute atomic E-state index is 0.0455. The highest BCUT2D eigenvalue weighted by Crippen LogP contribution is 2.33. The fourth-order valence-electron chi connectivity index (χ4n) is 5.94. The zero-order valence-corrected chi connectivity index (χ0v) is 28.1. The van der Waals surface area contributed by atoms with E-state index in [-0.39, 0.29) is 34.3 Å². The molecular formula is C37H41N3O5S. The number of sulfone groups is 1. The maximum absolute atomic E-state index is 13.9. The number of ether oxygens (including phenoxy) is 1. The highest BCUT2D eigenvalue weighted by molar-refractivity contribution is 7.90. The Morgan fingerprint density at radius 1 is 0.891 bits per heavy atom. The van der Waals surface area contributed by atoms with Gasteiger partial charge in [0.25, 0.3) is 11.8 Å². The fourth-order valence-corrected chi connectivity index (χ4v) is 7.48. The van der Waals surface area contributed by atoms with Crippen LogP contribution in [0, 0.1) is 13.8 Å². The lowest BCUT2D eigenvalue weighted by Crippen LogP contribution is -2.36. The zero-order chi connectivity index (χ0) is 33.2. The normalized spacial score (nSPS) is 14.7. The van der Waals surface area contributed by atoms with Crippen molar-refractivity contribution in [2.75, 3.05) is 46.2 Å². The van der Waals surface area contributed by atoms with Crippen molar-refractivity contribution in [3.63, 3.8) is 0 Å². The number of aryl methyl sites for hydroxylation is 2. The van der Waals surface area contributed by atoms with Crippen LogP contribution in [0.3, 0.4) is 0 Å². The number of carbonyl (C=O) groups is 2. The molecule has 1 aliphatic heterocycles. The maximum Gasteiger partial charge on any atom is 0.254 e. The summed E-state index contributed by atoms with van der Waals surface area (Å²) in [6.45, 7) is 5.21. The van der Waals surface area contributed by atoms with Gasteiger partial charge in [-0.1, -0.05) is 48.0 Å². The lowest BCUT2D eigenvalue weighted by Gasteiger charge is -2.27. The van der Waals surface area contributed by atoms with Crippen molar-refractivity contribution in [1.29, 1.82) is 0 Å². The largest absolute Gasteiger partial charge is 0.495 e. The Morgan fingerprint density at radius 3 is 2.37 bits per heavy atom. The van der Waals surface area contributed by atoms with Gasteiger partial charge in [-0.15, -0.1) is 0 Å². The summed E-state index contributed by atoms with van der Waals surface area (Å²) >= 11 is 0. The summed E-state index contributed by atoms with van der Waals surface area (Å²) in [4.78, 5) is 31.5. The van der Waals surface area contributed by atoms with Gasteiger partial charge < -0.3 is 19.4 Å². The molecule has 1 fully saturated rings. The third-order valence-electron chi connectivity index (χ3n) is 8.64. The van der Waals surface area contributed by atoms with E-state index in [0.717, 1.165) is 34.4 Å². The molecule has 240 valence electrons. The Balaban J connectivity index is 1.35. The van der Waals surface area contributed by atoms with E-state index in [1.54, 1.807) is 50.5 Å². The van der Waals surface area contributed by atoms with E-state index in [1.165, 1.54) is 12.0 Å². The first-order valence-electron chi connectivity index (χ1n) is 15.3. The first kappa shape index (κ1) is 32.8. The Labute approximate surface area is 272 Å². The summed E-state index contributed by atoms with van der Waals surface area (Å²) < 4.78 is 33.2. The monoisotopic (exact) mass is 639 g/mol. The van der Waals surface area contributed by atoms with Crippen LogP contribution in [0.15, 0.2) is 89.8 Å². The predicted molar refractivity (Wildman–Crippen MR) is 182 cm³/mol. The van der Waals surface area contributed by atoms with Crippen LogP contribution >= 0.6 is 0 Å². The first-order chi connectivity index (χ1) is 21.9. The standard InChI is InChI=1S/C37H41N3O5S/c1-25-13-14-26(2)33(19-25)37(42)40-18-17-32(23-40)39(5)31-12-7-9-27(20-31)24-46(43,44)35-22-29(15-16-34(35)45-6)28-10-8-11-30(21-28)36(41)38(3)4/h7-16,19-22,32H,17-18,23-24H2,1-6H3. The summed E-state index contributed by atoms with van der Waals surface area (Å²) in [6, 6.07) is 25.8. The quantitative estimate of drug-likeness (QED) is 0.223.